The maximum Gasteiger partial charge on any atom is 0.335 e. The van der Waals surface area contributed by atoms with Crippen molar-refractivity contribution in [1.82, 2.24) is 0 Å². The van der Waals surface area contributed by atoms with E-state index in [9.17, 15) is 127 Å². The molecule has 22 N–H and O–H groups in total. The third kappa shape index (κ3) is 17.9. The Morgan fingerprint density at radius 2 is 0.906 bits per heavy atom. The van der Waals surface area contributed by atoms with E-state index in [-0.39, 0.29) is 31.6 Å². The van der Waals surface area contributed by atoms with Crippen molar-refractivity contribution in [2.75, 3.05) is 33.0 Å². The minimum absolute atomic E-state index is 0.0290. The van der Waals surface area contributed by atoms with Crippen molar-refractivity contribution in [2.24, 2.45) is 50.2 Å². The predicted molar refractivity (Wildman–Crippen MR) is 410 cm³/mol. The van der Waals surface area contributed by atoms with Crippen LogP contribution in [0.25, 0.3) is 0 Å². The maximum absolute atomic E-state index is 16.5. The summed E-state index contributed by atoms with van der Waals surface area (Å²) in [6, 6.07) is 0. The van der Waals surface area contributed by atoms with E-state index in [0.717, 1.165) is 18.8 Å². The SMILES string of the molecule is CC(=O)O[C@H]1[C@H](O[C@@H]2OC[C@@H](O)[C@H](O)[C@H]2O)[C@@H](O)[C@H](O[C@@H]2[C@H](O)[C@@H](O[C@@H]3O[C@@H](C)[C@H](O[C@@H]4OC[C@@H](O)[C@H](O[C@@H]5OC[C@@H](O)[C@H](O)[C@H]5O)[C@H]4O)[C@@H](O)[C@H]3OC(=O)[C@]34CCC(C)(C)C[C@H]3C3=CC[C@@H]5[C@@]6(C)CC[C@H](O[C@@H]7O[C@H](C(=O)O)[C@@H](O)[C@H](O[C@@H]8OC[C@@H](O)[C@H](O)[C@H]8O)[C@H]7O[C@@H]7O[C@H](CO)[C@H](O)[C@H](O)[C@H]7O)[C@@](C)(C=O)[C@@H]6CC[C@@]5(C)[C@]3(C)C[C@H]4O)[C@H](O)O[C@@H]2C)O[C@@H]1C. The van der Waals surface area contributed by atoms with E-state index in [2.05, 4.69) is 19.9 Å². The van der Waals surface area contributed by atoms with Crippen LogP contribution in [0.15, 0.2) is 11.6 Å². The number of fused-ring (bicyclic) bond motifs is 7. The molecule has 5 aliphatic carbocycles. The van der Waals surface area contributed by atoms with Crippen LogP contribution in [0.1, 0.15) is 127 Å². The van der Waals surface area contributed by atoms with Crippen molar-refractivity contribution in [3.05, 3.63) is 11.6 Å². The Bertz CT molecular complexity index is 3810. The molecule has 127 heavy (non-hydrogen) atoms. The van der Waals surface area contributed by atoms with E-state index in [1.807, 2.05) is 20.8 Å². The van der Waals surface area contributed by atoms with Crippen LogP contribution in [-0.4, -0.2) is 434 Å². The fourth-order valence-corrected chi connectivity index (χ4v) is 23.0. The van der Waals surface area contributed by atoms with Crippen molar-refractivity contribution in [1.29, 1.82) is 0 Å². The number of hydrogen-bond acceptors (Lipinski definition) is 44. The molecule has 13 fully saturated rings. The monoisotopic (exact) mass is 1830 g/mol. The lowest BCUT2D eigenvalue weighted by molar-refractivity contribution is -0.391. The molecule has 0 spiro atoms. The number of aliphatic carboxylic acids is 1. The molecule has 4 saturated carbocycles. The van der Waals surface area contributed by atoms with Crippen LogP contribution in [0.4, 0.5) is 0 Å². The molecule has 0 unspecified atom stereocenters. The number of ether oxygens (including phenoxy) is 19. The van der Waals surface area contributed by atoms with Gasteiger partial charge < -0.3 is 207 Å². The average molecular weight is 1830 g/mol. The van der Waals surface area contributed by atoms with Crippen LogP contribution in [0, 0.1) is 50.2 Å². The second kappa shape index (κ2) is 38.1. The Kier molecular flexibility index (Phi) is 29.8. The normalized spacial score (nSPS) is 54.3. The van der Waals surface area contributed by atoms with Crippen LogP contribution >= 0.6 is 0 Å². The maximum atomic E-state index is 16.5. The molecular formula is C82H128O45. The molecular weight excluding hydrogens is 1700 g/mol. The summed E-state index contributed by atoms with van der Waals surface area (Å²) in [5.74, 6) is -5.48. The Hall–Kier alpha value is -3.70. The molecule has 45 heteroatoms. The molecule has 14 aliphatic rings. The lowest BCUT2D eigenvalue weighted by Gasteiger charge is -2.71. The van der Waals surface area contributed by atoms with Crippen LogP contribution in [0.3, 0.4) is 0 Å². The average Bonchev–Trinajstić information content (AvgIpc) is 0.668. The Morgan fingerprint density at radius 3 is 1.47 bits per heavy atom. The smallest absolute Gasteiger partial charge is 0.335 e. The number of aliphatic hydroxyl groups is 21. The number of rotatable bonds is 22. The van der Waals surface area contributed by atoms with Gasteiger partial charge in [-0.15, -0.1) is 0 Å². The number of carbonyl (C=O) groups excluding carboxylic acids is 3. The number of carboxylic acids is 1. The zero-order chi connectivity index (χ0) is 92.6. The van der Waals surface area contributed by atoms with Gasteiger partial charge in [0.1, 0.15) is 170 Å². The first kappa shape index (κ1) is 99.3. The molecule has 9 heterocycles. The number of hydrogen-bond donors (Lipinski definition) is 22. The molecule has 9 saturated heterocycles. The number of carbonyl (C=O) groups is 4. The fourth-order valence-electron chi connectivity index (χ4n) is 23.0. The van der Waals surface area contributed by atoms with E-state index < -0.39 is 359 Å². The summed E-state index contributed by atoms with van der Waals surface area (Å²) >= 11 is 0. The minimum Gasteiger partial charge on any atom is -0.479 e. The molecule has 726 valence electrons. The zero-order valence-corrected chi connectivity index (χ0v) is 71.8. The molecule has 0 aromatic heterocycles. The highest BCUT2D eigenvalue weighted by atomic mass is 16.8. The third-order valence-corrected chi connectivity index (χ3v) is 30.5. The number of allylic oxidation sites excluding steroid dienone is 2. The zero-order valence-electron chi connectivity index (χ0n) is 71.8. The largest absolute Gasteiger partial charge is 0.479 e. The first-order chi connectivity index (χ1) is 59.6. The highest BCUT2D eigenvalue weighted by molar-refractivity contribution is 5.80. The van der Waals surface area contributed by atoms with Gasteiger partial charge in [-0.2, -0.15) is 0 Å². The van der Waals surface area contributed by atoms with Crippen LogP contribution in [-0.2, 0) is 109 Å². The fraction of sp³-hybridized carbons (Fsp3) is 0.927. The molecule has 14 rings (SSSR count). The van der Waals surface area contributed by atoms with Gasteiger partial charge in [0.05, 0.1) is 69.0 Å². The van der Waals surface area contributed by atoms with Crippen LogP contribution < -0.4 is 0 Å². The molecule has 45 nitrogen and oxygen atoms in total. The first-order valence-electron chi connectivity index (χ1n) is 43.6. The highest BCUT2D eigenvalue weighted by Crippen LogP contribution is 2.76. The van der Waals surface area contributed by atoms with E-state index >= 15 is 4.79 Å². The standard InChI is InChI=1S/C82H128O45/c1-27-56(120-73-55(104)61(58(29(3)114-73)116-30(4)85)123-70-49(98)44(93)35(88)24-111-70)51(100)63(67(107)113-27)125-74-64(52(101)57(28(2)115-74)119-71-54(103)59(36(89)25-112-71)121-68-47(96)42(91)33(86)22-109-68)127-76(108)82-18-17-77(5,6)19-32(82)31-11-12-39-78(7)15-14-41(79(8,26-84)38(78)13-16-80(39,9)81(31,10)20-40(82)90)118-75-65(126-72-50(99)46(95)45(94)37(21-83)117-72)60(53(102)62(124-75)66(105)106)122-69-48(97)43(92)34(87)23-110-69/h11,26-29,32-65,67-75,83,86-104,107H,12-25H2,1-10H3,(H,105,106)/t27-,28+,29-,32+,33-,34-,35-,36-,37-,38-,39-,40-,41+,42+,43+,44+,45+,46+,47-,48-,49-,50-,51+,52-,53+,54-,55-,56+,57+,58-,59+,60+,61-,62+,63-,64-,65-,67-,68+,69+,70+,71+,72+,73+,74+,75-,78+,79+,80-,81-,82-/m1/s1. The highest BCUT2D eigenvalue weighted by Gasteiger charge is 2.74. The minimum atomic E-state index is -2.27. The predicted octanol–water partition coefficient (Wildman–Crippen LogP) is -8.46. The summed E-state index contributed by atoms with van der Waals surface area (Å²) in [5.41, 5.74) is -5.74. The van der Waals surface area contributed by atoms with Gasteiger partial charge in [0.15, 0.2) is 74.9 Å². The molecule has 9 aliphatic heterocycles. The number of esters is 2. The molecule has 0 amide bonds. The topological polar surface area (TPSA) is 689 Å². The van der Waals surface area contributed by atoms with Crippen molar-refractivity contribution in [3.63, 3.8) is 0 Å². The lowest BCUT2D eigenvalue weighted by Crippen LogP contribution is -2.69. The van der Waals surface area contributed by atoms with Gasteiger partial charge in [0, 0.05) is 6.92 Å². The molecule has 0 aromatic rings. The van der Waals surface area contributed by atoms with Gasteiger partial charge in [0.25, 0.3) is 0 Å². The number of carboxylic acid groups (broad SMARTS) is 1. The second-order valence-corrected chi connectivity index (χ2v) is 38.9. The number of aldehydes is 1. The quantitative estimate of drug-likeness (QED) is 0.0207. The summed E-state index contributed by atoms with van der Waals surface area (Å²) in [5, 5.41) is 247. The summed E-state index contributed by atoms with van der Waals surface area (Å²) in [6.45, 7) is 13.8. The van der Waals surface area contributed by atoms with Gasteiger partial charge in [-0.3, -0.25) is 9.59 Å². The van der Waals surface area contributed by atoms with Crippen molar-refractivity contribution in [2.45, 2.75) is 391 Å². The molecule has 51 atom stereocenters. The van der Waals surface area contributed by atoms with Crippen molar-refractivity contribution >= 4 is 24.2 Å². The summed E-state index contributed by atoms with van der Waals surface area (Å²) in [4.78, 5) is 56.6. The van der Waals surface area contributed by atoms with Gasteiger partial charge in [0.2, 0.25) is 0 Å². The van der Waals surface area contributed by atoms with E-state index in [1.54, 1.807) is 6.92 Å². The van der Waals surface area contributed by atoms with Crippen LogP contribution in [0.5, 0.6) is 0 Å². The van der Waals surface area contributed by atoms with Crippen LogP contribution in [0.2, 0.25) is 0 Å². The van der Waals surface area contributed by atoms with E-state index in [1.165, 1.54) is 20.8 Å². The van der Waals surface area contributed by atoms with E-state index in [0.29, 0.717) is 32.1 Å². The molecule has 0 aromatic carbocycles. The Labute approximate surface area is 729 Å². The van der Waals surface area contributed by atoms with Gasteiger partial charge >= 0.3 is 17.9 Å². The van der Waals surface area contributed by atoms with Gasteiger partial charge in [-0.05, 0) is 118 Å². The second-order valence-electron chi connectivity index (χ2n) is 38.9. The third-order valence-electron chi connectivity index (χ3n) is 30.5. The molecule has 0 radical (unpaired) electrons. The first-order valence-corrected chi connectivity index (χ1v) is 43.6. The van der Waals surface area contributed by atoms with E-state index in [4.69, 9.17) is 90.0 Å². The summed E-state index contributed by atoms with van der Waals surface area (Å²) in [7, 11) is 0. The Morgan fingerprint density at radius 1 is 0.433 bits per heavy atom. The Balaban J connectivity index is 0.755. The van der Waals surface area contributed by atoms with Crippen molar-refractivity contribution < 1.29 is 222 Å². The van der Waals surface area contributed by atoms with Gasteiger partial charge in [-0.25, -0.2) is 4.79 Å². The van der Waals surface area contributed by atoms with Crippen molar-refractivity contribution in [3.8, 4) is 0 Å². The number of aliphatic hydroxyl groups excluding tert-OH is 21. The summed E-state index contributed by atoms with van der Waals surface area (Å²) in [6.07, 6.45) is -74.3. The lowest BCUT2D eigenvalue weighted by atomic mass is 9.33. The van der Waals surface area contributed by atoms with Gasteiger partial charge in [-0.1, -0.05) is 53.2 Å². The summed E-state index contributed by atoms with van der Waals surface area (Å²) < 4.78 is 115. The molecule has 0 bridgehead atoms.